The molecule has 8 rings (SSSR count). The second kappa shape index (κ2) is 18.6. The van der Waals surface area contributed by atoms with Crippen molar-refractivity contribution in [3.05, 3.63) is 168 Å². The van der Waals surface area contributed by atoms with Crippen molar-refractivity contribution in [2.45, 2.75) is 51.1 Å². The Bertz CT molecular complexity index is 2230. The van der Waals surface area contributed by atoms with Crippen LogP contribution in [0.3, 0.4) is 0 Å². The smallest absolute Gasteiger partial charge is 0.338 e. The van der Waals surface area contributed by atoms with Crippen LogP contribution < -0.4 is 15.0 Å². The van der Waals surface area contributed by atoms with E-state index in [4.69, 9.17) is 4.74 Å². The van der Waals surface area contributed by atoms with Gasteiger partial charge in [0, 0.05) is 0 Å². The SMILES string of the molecule is COc1ccc(CC2C(=O)NC(=O)N(C(c3ccccc3)c3ccccc3)C2=O)cc1.O=C1C(C2CCCCC2)C(=O)N(c2ccccc2)C(=O)N1Cc1ccccc1. The third-order valence-electron chi connectivity index (χ3n) is 11.1. The van der Waals surface area contributed by atoms with E-state index in [1.165, 1.54) is 14.7 Å². The molecule has 1 saturated carbocycles. The van der Waals surface area contributed by atoms with Gasteiger partial charge >= 0.3 is 12.1 Å². The van der Waals surface area contributed by atoms with E-state index in [-0.39, 0.29) is 30.7 Å². The highest BCUT2D eigenvalue weighted by Gasteiger charge is 2.50. The van der Waals surface area contributed by atoms with E-state index in [0.717, 1.165) is 54.4 Å². The number of para-hydroxylation sites is 1. The first-order valence-electron chi connectivity index (χ1n) is 19.9. The summed E-state index contributed by atoms with van der Waals surface area (Å²) in [5.74, 6) is -2.90. The van der Waals surface area contributed by atoms with Crippen LogP contribution in [0.15, 0.2) is 146 Å². The van der Waals surface area contributed by atoms with Crippen LogP contribution in [0.25, 0.3) is 0 Å². The Morgan fingerprint density at radius 1 is 0.610 bits per heavy atom. The quantitative estimate of drug-likeness (QED) is 0.141. The van der Waals surface area contributed by atoms with Crippen LogP contribution in [-0.4, -0.2) is 52.6 Å². The molecule has 5 aromatic carbocycles. The summed E-state index contributed by atoms with van der Waals surface area (Å²) in [6.45, 7) is 0.179. The minimum Gasteiger partial charge on any atom is -0.497 e. The number of hydrogen-bond donors (Lipinski definition) is 1. The summed E-state index contributed by atoms with van der Waals surface area (Å²) in [4.78, 5) is 82.3. The number of urea groups is 2. The molecule has 0 aromatic heterocycles. The molecule has 3 fully saturated rings. The largest absolute Gasteiger partial charge is 0.497 e. The highest BCUT2D eigenvalue weighted by Crippen LogP contribution is 2.37. The summed E-state index contributed by atoms with van der Waals surface area (Å²) in [6.07, 6.45) is 5.10. The topological polar surface area (TPSA) is 133 Å². The fourth-order valence-corrected chi connectivity index (χ4v) is 8.13. The lowest BCUT2D eigenvalue weighted by Crippen LogP contribution is -2.61. The van der Waals surface area contributed by atoms with Crippen molar-refractivity contribution in [1.29, 1.82) is 0 Å². The molecule has 0 spiro atoms. The van der Waals surface area contributed by atoms with Gasteiger partial charge in [-0.15, -0.1) is 0 Å². The molecule has 3 aliphatic rings. The van der Waals surface area contributed by atoms with Gasteiger partial charge in [0.2, 0.25) is 23.6 Å². The van der Waals surface area contributed by atoms with Gasteiger partial charge in [0.15, 0.2) is 0 Å². The zero-order valence-corrected chi connectivity index (χ0v) is 32.8. The summed E-state index contributed by atoms with van der Waals surface area (Å²) in [7, 11) is 1.57. The van der Waals surface area contributed by atoms with E-state index < -0.39 is 41.8 Å². The van der Waals surface area contributed by atoms with E-state index in [1.807, 2.05) is 109 Å². The molecule has 1 N–H and O–H groups in total. The van der Waals surface area contributed by atoms with Gasteiger partial charge < -0.3 is 4.74 Å². The van der Waals surface area contributed by atoms with Crippen molar-refractivity contribution >= 4 is 41.4 Å². The van der Waals surface area contributed by atoms with E-state index in [1.54, 1.807) is 43.5 Å². The van der Waals surface area contributed by atoms with E-state index in [9.17, 15) is 28.8 Å². The number of nitrogens with zero attached hydrogens (tertiary/aromatic N) is 3. The molecule has 2 saturated heterocycles. The van der Waals surface area contributed by atoms with Gasteiger partial charge in [-0.05, 0) is 71.7 Å². The van der Waals surface area contributed by atoms with Gasteiger partial charge in [-0.2, -0.15) is 0 Å². The molecule has 300 valence electrons. The Balaban J connectivity index is 0.000000180. The number of methoxy groups -OCH3 is 1. The monoisotopic (exact) mass is 790 g/mol. The minimum absolute atomic E-state index is 0.00587. The average molecular weight is 791 g/mol. The molecule has 2 unspecified atom stereocenters. The third-order valence-corrected chi connectivity index (χ3v) is 11.1. The number of carbonyl (C=O) groups is 6. The highest BCUT2D eigenvalue weighted by molar-refractivity contribution is 6.27. The fraction of sp³-hybridized carbons (Fsp3) is 0.250. The van der Waals surface area contributed by atoms with Gasteiger partial charge in [-0.3, -0.25) is 34.3 Å². The maximum Gasteiger partial charge on any atom is 0.338 e. The molecule has 5 aromatic rings. The molecule has 2 heterocycles. The van der Waals surface area contributed by atoms with Crippen LogP contribution in [0.5, 0.6) is 5.75 Å². The number of benzene rings is 5. The Hall–Kier alpha value is -6.88. The first-order valence-corrected chi connectivity index (χ1v) is 19.9. The van der Waals surface area contributed by atoms with Crippen molar-refractivity contribution in [1.82, 2.24) is 15.1 Å². The molecule has 2 aliphatic heterocycles. The molecule has 2 atom stereocenters. The number of imide groups is 4. The third kappa shape index (κ3) is 8.99. The average Bonchev–Trinajstić information content (AvgIpc) is 3.27. The summed E-state index contributed by atoms with van der Waals surface area (Å²) in [6, 6.07) is 42.3. The normalized spacial score (nSPS) is 18.7. The van der Waals surface area contributed by atoms with Crippen molar-refractivity contribution in [2.75, 3.05) is 12.0 Å². The number of ether oxygens (including phenoxy) is 1. The van der Waals surface area contributed by atoms with E-state index in [0.29, 0.717) is 11.4 Å². The van der Waals surface area contributed by atoms with Crippen molar-refractivity contribution in [3.63, 3.8) is 0 Å². The van der Waals surface area contributed by atoms with E-state index in [2.05, 4.69) is 5.32 Å². The van der Waals surface area contributed by atoms with Crippen LogP contribution >= 0.6 is 0 Å². The number of hydrogen-bond acceptors (Lipinski definition) is 7. The fourth-order valence-electron chi connectivity index (χ4n) is 8.13. The second-order valence-corrected chi connectivity index (χ2v) is 14.9. The molecule has 0 radical (unpaired) electrons. The summed E-state index contributed by atoms with van der Waals surface area (Å²) in [5, 5.41) is 2.38. The molecular formula is C48H46N4O7. The molecule has 11 heteroatoms. The van der Waals surface area contributed by atoms with Crippen molar-refractivity contribution in [2.24, 2.45) is 17.8 Å². The standard InChI is InChI=1S/C25H22N2O4.C23H24N2O3/c1-31-20-14-12-17(13-15-20)16-21-23(28)26-25(30)27(24(21)29)22(18-8-4-2-5-9-18)19-10-6-3-7-11-19;26-21-20(18-12-6-2-7-13-18)22(27)25(19-14-8-3-9-15-19)23(28)24(21)16-17-10-4-1-5-11-17/h2-15,21-22H,16H2,1H3,(H,26,28,30);1,3-5,8-11,14-15,18,20H,2,6-7,12-13,16H2. The van der Waals surface area contributed by atoms with Crippen LogP contribution in [0.2, 0.25) is 0 Å². The number of carbonyl (C=O) groups excluding carboxylic acids is 6. The van der Waals surface area contributed by atoms with Crippen LogP contribution in [0, 0.1) is 17.8 Å². The lowest BCUT2D eigenvalue weighted by molar-refractivity contribution is -0.145. The zero-order valence-electron chi connectivity index (χ0n) is 32.8. The molecule has 0 bridgehead atoms. The van der Waals surface area contributed by atoms with Gasteiger partial charge in [0.25, 0.3) is 0 Å². The summed E-state index contributed by atoms with van der Waals surface area (Å²) >= 11 is 0. The molecule has 59 heavy (non-hydrogen) atoms. The van der Waals surface area contributed by atoms with Crippen LogP contribution in [-0.2, 0) is 32.1 Å². The van der Waals surface area contributed by atoms with Gasteiger partial charge in [0.05, 0.1) is 25.4 Å². The number of barbiturate groups is 2. The second-order valence-electron chi connectivity index (χ2n) is 14.9. The number of anilines is 1. The molecule has 11 nitrogen and oxygen atoms in total. The Labute approximate surface area is 343 Å². The first-order chi connectivity index (χ1) is 28.7. The maximum atomic E-state index is 13.5. The number of amides is 8. The maximum absolute atomic E-state index is 13.5. The zero-order chi connectivity index (χ0) is 41.3. The van der Waals surface area contributed by atoms with Crippen molar-refractivity contribution in [3.8, 4) is 5.75 Å². The van der Waals surface area contributed by atoms with E-state index >= 15 is 0 Å². The lowest BCUT2D eigenvalue weighted by atomic mass is 9.78. The van der Waals surface area contributed by atoms with Crippen molar-refractivity contribution < 1.29 is 33.5 Å². The van der Waals surface area contributed by atoms with Gasteiger partial charge in [-0.25, -0.2) is 14.5 Å². The predicted octanol–water partition coefficient (Wildman–Crippen LogP) is 8.10. The van der Waals surface area contributed by atoms with Crippen LogP contribution in [0.4, 0.5) is 15.3 Å². The summed E-state index contributed by atoms with van der Waals surface area (Å²) in [5.41, 5.74) is 3.77. The minimum atomic E-state index is -0.999. The Morgan fingerprint density at radius 2 is 1.15 bits per heavy atom. The van der Waals surface area contributed by atoms with Crippen LogP contribution in [0.1, 0.15) is 60.4 Å². The predicted molar refractivity (Wildman–Crippen MR) is 222 cm³/mol. The number of nitrogens with one attached hydrogen (secondary N) is 1. The first kappa shape index (κ1) is 40.3. The Kier molecular flexibility index (Phi) is 12.7. The highest BCUT2D eigenvalue weighted by atomic mass is 16.5. The molecule has 1 aliphatic carbocycles. The Morgan fingerprint density at radius 3 is 1.71 bits per heavy atom. The summed E-state index contributed by atoms with van der Waals surface area (Å²) < 4.78 is 5.16. The lowest BCUT2D eigenvalue weighted by Gasteiger charge is -2.40. The number of rotatable bonds is 10. The van der Waals surface area contributed by atoms with Gasteiger partial charge in [0.1, 0.15) is 17.6 Å². The molecular weight excluding hydrogens is 745 g/mol. The molecule has 8 amide bonds. The van der Waals surface area contributed by atoms with Gasteiger partial charge in [-0.1, -0.05) is 141 Å².